The number of hydrogen-bond donors (Lipinski definition) is 1. The highest BCUT2D eigenvalue weighted by atomic mass is 16.6. The molecule has 1 amide bonds. The van der Waals surface area contributed by atoms with Gasteiger partial charge < -0.3 is 14.8 Å². The van der Waals surface area contributed by atoms with Crippen molar-refractivity contribution in [1.82, 2.24) is 5.32 Å². The number of methoxy groups -OCH3 is 1. The highest BCUT2D eigenvalue weighted by molar-refractivity contribution is 5.96. The molecule has 2 aromatic carbocycles. The number of carbonyl (C=O) groups excluding carboxylic acids is 2. The van der Waals surface area contributed by atoms with Crippen molar-refractivity contribution in [2.24, 2.45) is 0 Å². The summed E-state index contributed by atoms with van der Waals surface area (Å²) in [6.07, 6.45) is 3.49. The van der Waals surface area contributed by atoms with E-state index in [9.17, 15) is 19.7 Å². The minimum absolute atomic E-state index is 0.0410. The number of ether oxygens (including phenoxy) is 2. The quantitative estimate of drug-likeness (QED) is 0.435. The Morgan fingerprint density at radius 3 is 2.59 bits per heavy atom. The lowest BCUT2D eigenvalue weighted by Gasteiger charge is -2.06. The van der Waals surface area contributed by atoms with Gasteiger partial charge in [0, 0.05) is 11.6 Å². The second-order valence-corrected chi connectivity index (χ2v) is 5.32. The Hall–Kier alpha value is -3.68. The van der Waals surface area contributed by atoms with E-state index in [-0.39, 0.29) is 30.2 Å². The fraction of sp³-hybridized carbons (Fsp3) is 0.158. The predicted octanol–water partition coefficient (Wildman–Crippen LogP) is 2.59. The van der Waals surface area contributed by atoms with Crippen LogP contribution in [0.3, 0.4) is 0 Å². The van der Waals surface area contributed by atoms with Crippen LogP contribution >= 0.6 is 0 Å². The molecule has 0 atom stereocenters. The fourth-order valence-corrected chi connectivity index (χ4v) is 2.17. The number of nitro benzene ring substituents is 1. The Bertz CT molecular complexity index is 849. The number of rotatable bonds is 8. The van der Waals surface area contributed by atoms with Gasteiger partial charge in [0.1, 0.15) is 13.2 Å². The maximum atomic E-state index is 12.0. The van der Waals surface area contributed by atoms with Gasteiger partial charge in [-0.05, 0) is 23.8 Å². The summed E-state index contributed by atoms with van der Waals surface area (Å²) in [5.74, 6) is -1.21. The molecule has 8 heteroatoms. The third kappa shape index (κ3) is 5.96. The van der Waals surface area contributed by atoms with E-state index in [1.807, 2.05) is 36.4 Å². The maximum absolute atomic E-state index is 12.0. The summed E-state index contributed by atoms with van der Waals surface area (Å²) in [6.45, 7) is -0.282. The van der Waals surface area contributed by atoms with Crippen LogP contribution in [0.4, 0.5) is 5.69 Å². The van der Waals surface area contributed by atoms with Crippen LogP contribution in [0.2, 0.25) is 0 Å². The maximum Gasteiger partial charge on any atom is 0.325 e. The number of amides is 1. The molecule has 0 aliphatic carbocycles. The van der Waals surface area contributed by atoms with Crippen LogP contribution < -0.4 is 10.1 Å². The molecule has 27 heavy (non-hydrogen) atoms. The van der Waals surface area contributed by atoms with E-state index in [4.69, 9.17) is 9.47 Å². The van der Waals surface area contributed by atoms with Crippen LogP contribution in [-0.2, 0) is 9.53 Å². The second-order valence-electron chi connectivity index (χ2n) is 5.32. The largest absolute Gasteiger partial charge is 0.490 e. The topological polar surface area (TPSA) is 108 Å². The van der Waals surface area contributed by atoms with Crippen LogP contribution in [0.15, 0.2) is 54.6 Å². The summed E-state index contributed by atoms with van der Waals surface area (Å²) in [5.41, 5.74) is 0.681. The van der Waals surface area contributed by atoms with E-state index in [1.54, 1.807) is 6.08 Å². The molecule has 2 aromatic rings. The Morgan fingerprint density at radius 2 is 1.93 bits per heavy atom. The predicted molar refractivity (Wildman–Crippen MR) is 98.4 cm³/mol. The molecule has 0 heterocycles. The van der Waals surface area contributed by atoms with Gasteiger partial charge in [0.2, 0.25) is 0 Å². The molecule has 0 unspecified atom stereocenters. The van der Waals surface area contributed by atoms with Gasteiger partial charge in [0.05, 0.1) is 12.0 Å². The smallest absolute Gasteiger partial charge is 0.325 e. The Kier molecular flexibility index (Phi) is 7.07. The third-order valence-electron chi connectivity index (χ3n) is 3.48. The molecule has 0 fully saturated rings. The summed E-state index contributed by atoms with van der Waals surface area (Å²) < 4.78 is 9.85. The highest BCUT2D eigenvalue weighted by Gasteiger charge is 2.18. The summed E-state index contributed by atoms with van der Waals surface area (Å²) in [7, 11) is 1.30. The third-order valence-corrected chi connectivity index (χ3v) is 3.48. The van der Waals surface area contributed by atoms with Crippen molar-refractivity contribution in [1.29, 1.82) is 0 Å². The van der Waals surface area contributed by atoms with E-state index in [0.717, 1.165) is 11.6 Å². The second kappa shape index (κ2) is 9.71. The van der Waals surface area contributed by atoms with Crippen molar-refractivity contribution in [3.8, 4) is 5.75 Å². The Morgan fingerprint density at radius 1 is 1.19 bits per heavy atom. The molecule has 140 valence electrons. The van der Waals surface area contributed by atoms with E-state index in [0.29, 0.717) is 0 Å². The number of nitrogens with zero attached hydrogens (tertiary/aromatic N) is 1. The van der Waals surface area contributed by atoms with Crippen molar-refractivity contribution in [3.05, 3.63) is 75.8 Å². The zero-order valence-electron chi connectivity index (χ0n) is 14.6. The standard InChI is InChI=1S/C19H18N2O6/c1-26-17-10-9-15(12-16(17)21(24)25)19(23)20-13-18(22)27-11-5-8-14-6-3-2-4-7-14/h2-10,12H,11,13H2,1H3,(H,20,23)/b8-5+. The summed E-state index contributed by atoms with van der Waals surface area (Å²) in [6, 6.07) is 13.3. The number of hydrogen-bond acceptors (Lipinski definition) is 6. The number of nitrogens with one attached hydrogen (secondary N) is 1. The van der Waals surface area contributed by atoms with Crippen molar-refractivity contribution in [2.75, 3.05) is 20.3 Å². The average molecular weight is 370 g/mol. The first kappa shape index (κ1) is 19.6. The molecule has 0 saturated heterocycles. The van der Waals surface area contributed by atoms with Crippen LogP contribution in [0.25, 0.3) is 6.08 Å². The molecule has 0 bridgehead atoms. The minimum atomic E-state index is -0.650. The van der Waals surface area contributed by atoms with Gasteiger partial charge in [0.25, 0.3) is 5.91 Å². The van der Waals surface area contributed by atoms with E-state index in [1.165, 1.54) is 19.2 Å². The van der Waals surface area contributed by atoms with Crippen molar-refractivity contribution < 1.29 is 24.0 Å². The molecular weight excluding hydrogens is 352 g/mol. The first-order valence-electron chi connectivity index (χ1n) is 7.99. The van der Waals surface area contributed by atoms with Crippen molar-refractivity contribution in [3.63, 3.8) is 0 Å². The van der Waals surface area contributed by atoms with Gasteiger partial charge in [-0.2, -0.15) is 0 Å². The normalized spacial score (nSPS) is 10.4. The lowest BCUT2D eigenvalue weighted by Crippen LogP contribution is -2.30. The summed E-state index contributed by atoms with van der Waals surface area (Å²) >= 11 is 0. The van der Waals surface area contributed by atoms with Crippen LogP contribution in [0.1, 0.15) is 15.9 Å². The van der Waals surface area contributed by atoms with Crippen molar-refractivity contribution in [2.45, 2.75) is 0 Å². The number of benzene rings is 2. The number of carbonyl (C=O) groups is 2. The molecule has 0 spiro atoms. The molecule has 1 N–H and O–H groups in total. The molecule has 2 rings (SSSR count). The zero-order chi connectivity index (χ0) is 19.6. The SMILES string of the molecule is COc1ccc(C(=O)NCC(=O)OC/C=C/c2ccccc2)cc1[N+](=O)[O-]. The first-order chi connectivity index (χ1) is 13.0. The van der Waals surface area contributed by atoms with Gasteiger partial charge in [-0.25, -0.2) is 0 Å². The van der Waals surface area contributed by atoms with Crippen molar-refractivity contribution >= 4 is 23.6 Å². The molecule has 0 radical (unpaired) electrons. The zero-order valence-corrected chi connectivity index (χ0v) is 14.6. The lowest BCUT2D eigenvalue weighted by molar-refractivity contribution is -0.385. The summed E-state index contributed by atoms with van der Waals surface area (Å²) in [4.78, 5) is 34.0. The first-order valence-corrected chi connectivity index (χ1v) is 7.99. The van der Waals surface area contributed by atoms with Gasteiger partial charge in [-0.1, -0.05) is 36.4 Å². The molecule has 0 aliphatic rings. The fourth-order valence-electron chi connectivity index (χ4n) is 2.17. The molecule has 0 aromatic heterocycles. The van der Waals surface area contributed by atoms with E-state index >= 15 is 0 Å². The van der Waals surface area contributed by atoms with Gasteiger partial charge in [0.15, 0.2) is 5.75 Å². The molecule has 0 aliphatic heterocycles. The Labute approximate surface area is 155 Å². The highest BCUT2D eigenvalue weighted by Crippen LogP contribution is 2.27. The average Bonchev–Trinajstić information content (AvgIpc) is 2.69. The minimum Gasteiger partial charge on any atom is -0.490 e. The number of nitro groups is 1. The molecular formula is C19H18N2O6. The van der Waals surface area contributed by atoms with Gasteiger partial charge in [-0.15, -0.1) is 0 Å². The molecule has 8 nitrogen and oxygen atoms in total. The van der Waals surface area contributed by atoms with Gasteiger partial charge >= 0.3 is 11.7 Å². The molecule has 0 saturated carbocycles. The van der Waals surface area contributed by atoms with Crippen LogP contribution in [-0.4, -0.2) is 37.1 Å². The lowest BCUT2D eigenvalue weighted by atomic mass is 10.1. The van der Waals surface area contributed by atoms with Crippen LogP contribution in [0, 0.1) is 10.1 Å². The van der Waals surface area contributed by atoms with Crippen LogP contribution in [0.5, 0.6) is 5.75 Å². The summed E-state index contributed by atoms with van der Waals surface area (Å²) in [5, 5.41) is 13.3. The Balaban J connectivity index is 1.82. The van der Waals surface area contributed by atoms with E-state index in [2.05, 4.69) is 5.32 Å². The van der Waals surface area contributed by atoms with Gasteiger partial charge in [-0.3, -0.25) is 19.7 Å². The number of esters is 1. The van der Waals surface area contributed by atoms with E-state index < -0.39 is 16.8 Å². The monoisotopic (exact) mass is 370 g/mol.